The second-order valence-corrected chi connectivity index (χ2v) is 7.27. The van der Waals surface area contributed by atoms with Gasteiger partial charge in [0.25, 0.3) is 0 Å². The summed E-state index contributed by atoms with van der Waals surface area (Å²) < 4.78 is 29.1. The number of rotatable bonds is 3. The molecule has 2 aliphatic rings. The van der Waals surface area contributed by atoms with E-state index in [1.807, 2.05) is 6.07 Å². The number of pyridine rings is 1. The molecule has 0 saturated carbocycles. The number of hydrogen-bond acceptors (Lipinski definition) is 6. The van der Waals surface area contributed by atoms with Crippen LogP contribution in [0.2, 0.25) is 0 Å². The first-order valence-electron chi connectivity index (χ1n) is 10.1. The number of fused-ring (bicyclic) bond motifs is 2. The minimum Gasteiger partial charge on any atom is -0.492 e. The van der Waals surface area contributed by atoms with Gasteiger partial charge < -0.3 is 15.0 Å². The number of ether oxygens (including phenoxy) is 1. The molecular formula is C20H19N3O3S. The van der Waals surface area contributed by atoms with E-state index in [4.69, 9.17) is 8.85 Å². The maximum absolute atomic E-state index is 11.9. The fraction of sp³-hybridized carbons (Fsp3) is 0.300. The van der Waals surface area contributed by atoms with Crippen molar-refractivity contribution in [3.8, 4) is 16.9 Å². The molecule has 1 aromatic carbocycles. The lowest BCUT2D eigenvalue weighted by Crippen LogP contribution is -2.31. The maximum Gasteiger partial charge on any atom is 0.220 e. The molecule has 0 fully saturated rings. The maximum atomic E-state index is 11.9. The van der Waals surface area contributed by atoms with Crippen LogP contribution < -0.4 is 15.0 Å². The van der Waals surface area contributed by atoms with Crippen molar-refractivity contribution in [2.45, 2.75) is 30.7 Å². The normalized spacial score (nSPS) is 19.7. The second kappa shape index (κ2) is 7.10. The number of benzene rings is 1. The van der Waals surface area contributed by atoms with Gasteiger partial charge >= 0.3 is 0 Å². The molecule has 3 heterocycles. The SMILES string of the molecule is [2H]C([2H])([2H])N1C(=C=O)Sc2cc(-c3cncc4c3OCC[C@H]4NC(=O)CC)ccc21. The number of nitrogens with one attached hydrogen (secondary N) is 1. The molecule has 1 atom stereocenters. The summed E-state index contributed by atoms with van der Waals surface area (Å²) in [6.45, 7) is -0.214. The van der Waals surface area contributed by atoms with Crippen molar-refractivity contribution < 1.29 is 18.4 Å². The molecule has 138 valence electrons. The second-order valence-electron chi connectivity index (χ2n) is 6.24. The lowest BCUT2D eigenvalue weighted by Gasteiger charge is -2.28. The largest absolute Gasteiger partial charge is 0.492 e. The van der Waals surface area contributed by atoms with Crippen LogP contribution in [0.25, 0.3) is 11.1 Å². The Balaban J connectivity index is 1.75. The van der Waals surface area contributed by atoms with Crippen LogP contribution in [-0.2, 0) is 9.59 Å². The number of anilines is 1. The molecule has 2 aliphatic heterocycles. The first-order chi connectivity index (χ1) is 14.3. The molecule has 0 spiro atoms. The molecule has 4 rings (SSSR count). The number of nitrogens with zero attached hydrogens (tertiary/aromatic N) is 2. The molecule has 0 aliphatic carbocycles. The third-order valence-electron chi connectivity index (χ3n) is 4.62. The number of amides is 1. The standard InChI is InChI=1S/C20H19N3O3S/c1-3-18(25)22-15-6-7-26-20-13(9-21-10-14(15)20)12-4-5-16-17(8-12)27-19(11-24)23(16)2/h4-5,8-10,15H,3,6-7H2,1-2H3,(H,22,25)/t15-/m1/s1/i2D3. The Morgan fingerprint density at radius 3 is 3.19 bits per heavy atom. The van der Waals surface area contributed by atoms with Gasteiger partial charge in [0.05, 0.1) is 18.3 Å². The van der Waals surface area contributed by atoms with Gasteiger partial charge in [0.2, 0.25) is 5.91 Å². The molecule has 0 saturated heterocycles. The van der Waals surface area contributed by atoms with Gasteiger partial charge in [0.1, 0.15) is 5.75 Å². The first kappa shape index (κ1) is 14.3. The first-order valence-corrected chi connectivity index (χ1v) is 9.42. The van der Waals surface area contributed by atoms with Crippen LogP contribution in [0.1, 0.15) is 35.5 Å². The van der Waals surface area contributed by atoms with E-state index in [9.17, 15) is 9.59 Å². The van der Waals surface area contributed by atoms with Gasteiger partial charge in [-0.15, -0.1) is 0 Å². The van der Waals surface area contributed by atoms with Gasteiger partial charge in [-0.05, 0) is 17.7 Å². The third-order valence-corrected chi connectivity index (χ3v) is 5.62. The molecule has 2 aromatic rings. The van der Waals surface area contributed by atoms with E-state index in [2.05, 4.69) is 10.3 Å². The molecule has 6 nitrogen and oxygen atoms in total. The Labute approximate surface area is 165 Å². The predicted octanol–water partition coefficient (Wildman–Crippen LogP) is 3.31. The Kier molecular flexibility index (Phi) is 3.76. The predicted molar refractivity (Wildman–Crippen MR) is 104 cm³/mol. The zero-order valence-electron chi connectivity index (χ0n) is 17.6. The smallest absolute Gasteiger partial charge is 0.220 e. The molecule has 0 bridgehead atoms. The van der Waals surface area contributed by atoms with E-state index in [1.54, 1.807) is 37.4 Å². The lowest BCUT2D eigenvalue weighted by atomic mass is 9.97. The average Bonchev–Trinajstić information content (AvgIpc) is 3.11. The van der Waals surface area contributed by atoms with Crippen molar-refractivity contribution >= 4 is 29.3 Å². The van der Waals surface area contributed by atoms with Crippen LogP contribution in [0.15, 0.2) is 40.5 Å². The van der Waals surface area contributed by atoms with Crippen molar-refractivity contribution in [2.75, 3.05) is 18.5 Å². The van der Waals surface area contributed by atoms with Gasteiger partial charge in [-0.1, -0.05) is 24.8 Å². The average molecular weight is 384 g/mol. The minimum atomic E-state index is -2.48. The van der Waals surface area contributed by atoms with E-state index in [1.165, 1.54) is 0 Å². The summed E-state index contributed by atoms with van der Waals surface area (Å²) in [5.41, 5.74) is 2.78. The lowest BCUT2D eigenvalue weighted by molar-refractivity contribution is -0.121. The monoisotopic (exact) mass is 384 g/mol. The van der Waals surface area contributed by atoms with Gasteiger partial charge in [-0.25, -0.2) is 4.79 Å². The van der Waals surface area contributed by atoms with E-state index >= 15 is 0 Å². The summed E-state index contributed by atoms with van der Waals surface area (Å²) in [4.78, 5) is 29.2. The van der Waals surface area contributed by atoms with Crippen LogP contribution in [0.5, 0.6) is 5.75 Å². The van der Waals surface area contributed by atoms with Crippen LogP contribution in [-0.4, -0.2) is 30.4 Å². The van der Waals surface area contributed by atoms with Gasteiger partial charge in [0.15, 0.2) is 11.0 Å². The van der Waals surface area contributed by atoms with Crippen molar-refractivity contribution in [3.05, 3.63) is 41.2 Å². The van der Waals surface area contributed by atoms with E-state index < -0.39 is 6.98 Å². The Morgan fingerprint density at radius 2 is 2.41 bits per heavy atom. The summed E-state index contributed by atoms with van der Waals surface area (Å²) in [5, 5.41) is 3.01. The number of carbonyl (C=O) groups is 1. The third kappa shape index (κ3) is 3.09. The summed E-state index contributed by atoms with van der Waals surface area (Å²) in [6.07, 6.45) is 4.44. The quantitative estimate of drug-likeness (QED) is 0.819. The van der Waals surface area contributed by atoms with Crippen LogP contribution in [0.4, 0.5) is 5.69 Å². The van der Waals surface area contributed by atoms with Crippen molar-refractivity contribution in [1.82, 2.24) is 10.3 Å². The van der Waals surface area contributed by atoms with Gasteiger partial charge in [-0.2, -0.15) is 0 Å². The summed E-state index contributed by atoms with van der Waals surface area (Å²) in [5.74, 6) is 2.34. The zero-order chi connectivity index (χ0) is 21.5. The number of carbonyl (C=O) groups excluding carboxylic acids is 2. The van der Waals surface area contributed by atoms with Gasteiger partial charge in [-0.3, -0.25) is 9.78 Å². The molecule has 1 aromatic heterocycles. The Bertz CT molecular complexity index is 1070. The highest BCUT2D eigenvalue weighted by molar-refractivity contribution is 8.04. The summed E-state index contributed by atoms with van der Waals surface area (Å²) in [7, 11) is 0. The van der Waals surface area contributed by atoms with Crippen molar-refractivity contribution in [1.29, 1.82) is 0 Å². The van der Waals surface area contributed by atoms with Gasteiger partial charge in [0, 0.05) is 52.3 Å². The molecule has 7 heteroatoms. The summed E-state index contributed by atoms with van der Waals surface area (Å²) in [6, 6.07) is 5.10. The Morgan fingerprint density at radius 1 is 1.52 bits per heavy atom. The highest BCUT2D eigenvalue weighted by Gasteiger charge is 2.27. The molecule has 1 N–H and O–H groups in total. The van der Waals surface area contributed by atoms with E-state index in [0.29, 0.717) is 35.8 Å². The fourth-order valence-electron chi connectivity index (χ4n) is 3.23. The molecule has 1 amide bonds. The zero-order valence-corrected chi connectivity index (χ0v) is 15.4. The van der Waals surface area contributed by atoms with E-state index in [-0.39, 0.29) is 17.0 Å². The molecule has 0 radical (unpaired) electrons. The van der Waals surface area contributed by atoms with Crippen LogP contribution in [0.3, 0.4) is 0 Å². The van der Waals surface area contributed by atoms with E-state index in [0.717, 1.165) is 33.4 Å². The number of hydrogen-bond donors (Lipinski definition) is 1. The molecule has 27 heavy (non-hydrogen) atoms. The minimum absolute atomic E-state index is 0.00829. The highest BCUT2D eigenvalue weighted by Crippen LogP contribution is 2.47. The Hall–Kier alpha value is -2.76. The molecular weight excluding hydrogens is 362 g/mol. The topological polar surface area (TPSA) is 71.5 Å². The summed E-state index contributed by atoms with van der Waals surface area (Å²) >= 11 is 1.07. The van der Waals surface area contributed by atoms with Crippen LogP contribution in [0, 0.1) is 0 Å². The van der Waals surface area contributed by atoms with Crippen LogP contribution >= 0.6 is 11.8 Å². The number of aromatic nitrogens is 1. The highest BCUT2D eigenvalue weighted by atomic mass is 32.2. The van der Waals surface area contributed by atoms with Crippen molar-refractivity contribution in [2.24, 2.45) is 0 Å². The van der Waals surface area contributed by atoms with Crippen molar-refractivity contribution in [3.63, 3.8) is 0 Å². The fourth-order valence-corrected chi connectivity index (χ4v) is 4.12. The number of thioether (sulfide) groups is 1. The molecule has 0 unspecified atom stereocenters.